The second-order valence-electron chi connectivity index (χ2n) is 9.65. The van der Waals surface area contributed by atoms with Gasteiger partial charge in [0.1, 0.15) is 22.9 Å². The highest BCUT2D eigenvalue weighted by Gasteiger charge is 2.23. The molecule has 4 rings (SSSR count). The molecule has 1 unspecified atom stereocenters. The molecule has 0 aliphatic carbocycles. The van der Waals surface area contributed by atoms with Gasteiger partial charge in [-0.15, -0.1) is 11.3 Å². The minimum absolute atomic E-state index is 0.157. The van der Waals surface area contributed by atoms with E-state index >= 15 is 0 Å². The Bertz CT molecular complexity index is 1400. The maximum absolute atomic E-state index is 12.5. The van der Waals surface area contributed by atoms with Crippen LogP contribution in [0.1, 0.15) is 56.8 Å². The Kier molecular flexibility index (Phi) is 8.46. The van der Waals surface area contributed by atoms with E-state index in [1.54, 1.807) is 13.2 Å². The first-order valence-electron chi connectivity index (χ1n) is 12.2. The van der Waals surface area contributed by atoms with Gasteiger partial charge in [-0.3, -0.25) is 4.79 Å². The van der Waals surface area contributed by atoms with Gasteiger partial charge in [0.25, 0.3) is 0 Å². The largest absolute Gasteiger partial charge is 0.489 e. The molecule has 2 aromatic heterocycles. The van der Waals surface area contributed by atoms with Crippen LogP contribution in [0.2, 0.25) is 0 Å². The van der Waals surface area contributed by atoms with Crippen molar-refractivity contribution in [2.75, 3.05) is 6.61 Å². The molecule has 0 aliphatic heterocycles. The molecule has 0 bridgehead atoms. The molecule has 9 heteroatoms. The fourth-order valence-electron chi connectivity index (χ4n) is 3.73. The van der Waals surface area contributed by atoms with Gasteiger partial charge in [0, 0.05) is 21.9 Å². The molecular formula is C28H32N2O5S2. The molecule has 0 saturated carbocycles. The van der Waals surface area contributed by atoms with E-state index in [9.17, 15) is 9.00 Å². The third kappa shape index (κ3) is 6.66. The number of aromatic nitrogens is 1. The third-order valence-corrected chi connectivity index (χ3v) is 8.33. The van der Waals surface area contributed by atoms with Gasteiger partial charge in [0.15, 0.2) is 0 Å². The Labute approximate surface area is 223 Å². The molecule has 0 amide bonds. The number of thiazole rings is 1. The zero-order valence-electron chi connectivity index (χ0n) is 21.7. The van der Waals surface area contributed by atoms with E-state index in [1.165, 1.54) is 11.3 Å². The molecule has 7 nitrogen and oxygen atoms in total. The molecule has 2 aromatic carbocycles. The van der Waals surface area contributed by atoms with Crippen LogP contribution in [0.5, 0.6) is 5.75 Å². The minimum Gasteiger partial charge on any atom is -0.489 e. The fraction of sp³-hybridized carbons (Fsp3) is 0.357. The highest BCUT2D eigenvalue weighted by molar-refractivity contribution is 7.84. The zero-order valence-corrected chi connectivity index (χ0v) is 23.3. The number of carbonyl (C=O) groups excluding carboxylic acids is 1. The van der Waals surface area contributed by atoms with Crippen LogP contribution >= 0.6 is 11.3 Å². The molecule has 0 fully saturated rings. The predicted octanol–water partition coefficient (Wildman–Crippen LogP) is 6.35. The number of hydrogen-bond donors (Lipinski definition) is 1. The molecule has 37 heavy (non-hydrogen) atoms. The summed E-state index contributed by atoms with van der Waals surface area (Å²) in [6.07, 6.45) is 1.82. The number of nitrogens with zero attached hydrogens (tertiary/aromatic N) is 1. The fourth-order valence-corrected chi connectivity index (χ4v) is 5.42. The normalized spacial score (nSPS) is 13.4. The lowest BCUT2D eigenvalue weighted by molar-refractivity contribution is -0.142. The second kappa shape index (κ2) is 11.6. The van der Waals surface area contributed by atoms with Crippen LogP contribution in [0, 0.1) is 0 Å². The summed E-state index contributed by atoms with van der Waals surface area (Å²) in [6.45, 7) is 10.2. The van der Waals surface area contributed by atoms with Crippen molar-refractivity contribution in [1.29, 1.82) is 0 Å². The van der Waals surface area contributed by atoms with Crippen molar-refractivity contribution in [1.82, 2.24) is 9.71 Å². The Morgan fingerprint density at radius 2 is 2.00 bits per heavy atom. The molecular weight excluding hydrogens is 508 g/mol. The van der Waals surface area contributed by atoms with Gasteiger partial charge in [-0.2, -0.15) is 0 Å². The van der Waals surface area contributed by atoms with Gasteiger partial charge in [-0.25, -0.2) is 13.9 Å². The third-order valence-electron chi connectivity index (χ3n) is 5.63. The van der Waals surface area contributed by atoms with Crippen LogP contribution < -0.4 is 9.46 Å². The average Bonchev–Trinajstić information content (AvgIpc) is 3.52. The van der Waals surface area contributed by atoms with Gasteiger partial charge >= 0.3 is 5.97 Å². The number of fused-ring (bicyclic) bond motifs is 1. The Morgan fingerprint density at radius 1 is 1.22 bits per heavy atom. The maximum Gasteiger partial charge on any atom is 0.310 e. The summed E-state index contributed by atoms with van der Waals surface area (Å²) in [5.74, 6) is 0.363. The number of esters is 1. The molecule has 2 atom stereocenters. The zero-order chi connectivity index (χ0) is 26.6. The first-order valence-corrected chi connectivity index (χ1v) is 14.2. The van der Waals surface area contributed by atoms with Crippen molar-refractivity contribution in [3.8, 4) is 17.0 Å². The number of hydrogen-bond acceptors (Lipinski definition) is 7. The summed E-state index contributed by atoms with van der Waals surface area (Å²) in [6, 6.07) is 13.3. The van der Waals surface area contributed by atoms with Crippen molar-refractivity contribution in [2.24, 2.45) is 0 Å². The van der Waals surface area contributed by atoms with Gasteiger partial charge in [-0.1, -0.05) is 18.2 Å². The van der Waals surface area contributed by atoms with E-state index in [1.807, 2.05) is 75.5 Å². The van der Waals surface area contributed by atoms with Crippen molar-refractivity contribution >= 4 is 39.3 Å². The van der Waals surface area contributed by atoms with Crippen molar-refractivity contribution in [3.05, 3.63) is 70.2 Å². The van der Waals surface area contributed by atoms with Gasteiger partial charge in [0.05, 0.1) is 46.8 Å². The van der Waals surface area contributed by atoms with Crippen molar-refractivity contribution in [2.45, 2.75) is 58.4 Å². The Balaban J connectivity index is 1.56. The molecule has 0 spiro atoms. The SMILES string of the molecule is CCOC(=O)Cc1ccccc1OCc1cc(-c2csc(C(C)N[S@](=O)C(C)(C)C)n2)c2occc2c1. The minimum atomic E-state index is -1.20. The highest BCUT2D eigenvalue weighted by atomic mass is 32.2. The van der Waals surface area contributed by atoms with E-state index in [0.29, 0.717) is 19.0 Å². The molecule has 0 saturated heterocycles. The summed E-state index contributed by atoms with van der Waals surface area (Å²) in [7, 11) is -1.20. The number of furan rings is 1. The van der Waals surface area contributed by atoms with Gasteiger partial charge in [0.2, 0.25) is 0 Å². The number of para-hydroxylation sites is 1. The Hall–Kier alpha value is -3.01. The average molecular weight is 541 g/mol. The summed E-state index contributed by atoms with van der Waals surface area (Å²) in [5, 5.41) is 3.79. The van der Waals surface area contributed by atoms with Crippen LogP contribution in [-0.4, -0.2) is 26.5 Å². The molecule has 196 valence electrons. The molecule has 4 aromatic rings. The Morgan fingerprint density at radius 3 is 2.76 bits per heavy atom. The summed E-state index contributed by atoms with van der Waals surface area (Å²) in [4.78, 5) is 16.8. The molecule has 0 radical (unpaired) electrons. The molecule has 1 N–H and O–H groups in total. The van der Waals surface area contributed by atoms with E-state index in [4.69, 9.17) is 18.9 Å². The second-order valence-corrected chi connectivity index (χ2v) is 12.5. The topological polar surface area (TPSA) is 90.7 Å². The van der Waals surface area contributed by atoms with Crippen LogP contribution in [0.3, 0.4) is 0 Å². The number of carbonyl (C=O) groups is 1. The van der Waals surface area contributed by atoms with Crippen LogP contribution in [-0.2, 0) is 33.5 Å². The van der Waals surface area contributed by atoms with Crippen molar-refractivity contribution in [3.63, 3.8) is 0 Å². The number of benzene rings is 2. The first kappa shape index (κ1) is 27.0. The van der Waals surface area contributed by atoms with E-state index in [0.717, 1.165) is 38.4 Å². The number of rotatable bonds is 10. The summed E-state index contributed by atoms with van der Waals surface area (Å²) >= 11 is 1.52. The van der Waals surface area contributed by atoms with E-state index < -0.39 is 11.0 Å². The standard InChI is InChI=1S/C28H32N2O5S2/c1-6-33-25(31)15-20-9-7-8-10-24(20)35-16-19-13-21-11-12-34-26(21)22(14-19)23-17-36-27(29-23)18(2)30-37(32)28(3,4)5/h7-14,17-18,30H,6,15-16H2,1-5H3/t18?,37-/m1/s1. The van der Waals surface area contributed by atoms with Crippen LogP contribution in [0.4, 0.5) is 0 Å². The van der Waals surface area contributed by atoms with Gasteiger partial charge in [-0.05, 0) is 64.4 Å². The summed E-state index contributed by atoms with van der Waals surface area (Å²) < 4.78 is 32.4. The number of nitrogens with one attached hydrogen (secondary N) is 1. The highest BCUT2D eigenvalue weighted by Crippen LogP contribution is 2.34. The lowest BCUT2D eigenvalue weighted by Gasteiger charge is -2.20. The lowest BCUT2D eigenvalue weighted by Crippen LogP contribution is -2.34. The number of ether oxygens (including phenoxy) is 2. The monoisotopic (exact) mass is 540 g/mol. The van der Waals surface area contributed by atoms with E-state index in [2.05, 4.69) is 4.72 Å². The quantitative estimate of drug-likeness (QED) is 0.236. The van der Waals surface area contributed by atoms with Crippen molar-refractivity contribution < 1.29 is 22.9 Å². The predicted molar refractivity (Wildman–Crippen MR) is 148 cm³/mol. The van der Waals surface area contributed by atoms with Gasteiger partial charge < -0.3 is 13.9 Å². The van der Waals surface area contributed by atoms with Crippen LogP contribution in [0.15, 0.2) is 58.5 Å². The van der Waals surface area contributed by atoms with Crippen LogP contribution in [0.25, 0.3) is 22.2 Å². The molecule has 0 aliphatic rings. The summed E-state index contributed by atoms with van der Waals surface area (Å²) in [5.41, 5.74) is 4.14. The maximum atomic E-state index is 12.5. The smallest absolute Gasteiger partial charge is 0.310 e. The lowest BCUT2D eigenvalue weighted by atomic mass is 10.1. The first-order chi connectivity index (χ1) is 17.7. The molecule has 2 heterocycles. The van der Waals surface area contributed by atoms with E-state index in [-0.39, 0.29) is 23.2 Å².